The lowest BCUT2D eigenvalue weighted by Gasteiger charge is -2.38. The Hall–Kier alpha value is -1.86. The second kappa shape index (κ2) is 5.65. The zero-order valence-electron chi connectivity index (χ0n) is 12.5. The number of aryl methyl sites for hydroxylation is 1. The first-order valence-electron chi connectivity index (χ1n) is 7.01. The molecule has 3 nitrogen and oxygen atoms in total. The number of carboxylic acids is 1. The number of halogens is 5. The molecule has 1 heterocycles. The van der Waals surface area contributed by atoms with E-state index in [9.17, 15) is 31.9 Å². The Balaban J connectivity index is 2.50. The van der Waals surface area contributed by atoms with Gasteiger partial charge in [0.25, 0.3) is 5.92 Å². The third-order valence-corrected chi connectivity index (χ3v) is 4.15. The molecule has 0 bridgehead atoms. The number of benzene rings is 1. The van der Waals surface area contributed by atoms with E-state index in [1.165, 1.54) is 18.7 Å². The van der Waals surface area contributed by atoms with Crippen LogP contribution < -0.4 is 4.90 Å². The monoisotopic (exact) mass is 337 g/mol. The summed E-state index contributed by atoms with van der Waals surface area (Å²) in [6.45, 7) is 2.07. The van der Waals surface area contributed by atoms with E-state index in [-0.39, 0.29) is 29.9 Å². The van der Waals surface area contributed by atoms with Crippen LogP contribution in [0.5, 0.6) is 0 Å². The molecule has 1 aromatic carbocycles. The highest BCUT2D eigenvalue weighted by Crippen LogP contribution is 2.39. The molecule has 1 atom stereocenters. The summed E-state index contributed by atoms with van der Waals surface area (Å²) in [4.78, 5) is 12.6. The van der Waals surface area contributed by atoms with E-state index in [1.807, 2.05) is 0 Å². The fourth-order valence-corrected chi connectivity index (χ4v) is 2.74. The average molecular weight is 337 g/mol. The maximum absolute atomic E-state index is 13.6. The average Bonchev–Trinajstić information content (AvgIpc) is 2.40. The number of aromatic carboxylic acids is 1. The van der Waals surface area contributed by atoms with E-state index < -0.39 is 36.0 Å². The van der Waals surface area contributed by atoms with Gasteiger partial charge in [0.15, 0.2) is 0 Å². The molecule has 8 heteroatoms. The lowest BCUT2D eigenvalue weighted by molar-refractivity contribution is -0.138. The van der Waals surface area contributed by atoms with Gasteiger partial charge >= 0.3 is 12.1 Å². The lowest BCUT2D eigenvalue weighted by atomic mass is 9.93. The van der Waals surface area contributed by atoms with Gasteiger partial charge in [0, 0.05) is 25.4 Å². The maximum atomic E-state index is 13.6. The number of rotatable bonds is 2. The minimum absolute atomic E-state index is 0.169. The highest BCUT2D eigenvalue weighted by molar-refractivity contribution is 5.95. The molecule has 1 aromatic rings. The van der Waals surface area contributed by atoms with Crippen molar-refractivity contribution in [2.75, 3.05) is 18.0 Å². The van der Waals surface area contributed by atoms with Crippen molar-refractivity contribution in [1.82, 2.24) is 0 Å². The van der Waals surface area contributed by atoms with Crippen LogP contribution in [0.15, 0.2) is 12.1 Å². The third-order valence-electron chi connectivity index (χ3n) is 4.15. The normalized spacial score (nSPS) is 21.3. The Bertz CT molecular complexity index is 627. The minimum Gasteiger partial charge on any atom is -0.478 e. The van der Waals surface area contributed by atoms with Crippen LogP contribution in [0.2, 0.25) is 0 Å². The van der Waals surface area contributed by atoms with Gasteiger partial charge in [-0.05, 0) is 24.6 Å². The molecule has 1 aliphatic rings. The fraction of sp³-hybridized carbons (Fsp3) is 0.533. The van der Waals surface area contributed by atoms with Gasteiger partial charge in [0.05, 0.1) is 16.8 Å². The van der Waals surface area contributed by atoms with Crippen LogP contribution in [-0.4, -0.2) is 30.1 Å². The molecule has 128 valence electrons. The second-order valence-electron chi connectivity index (χ2n) is 5.85. The quantitative estimate of drug-likeness (QED) is 0.823. The third kappa shape index (κ3) is 3.40. The van der Waals surface area contributed by atoms with Crippen LogP contribution in [-0.2, 0) is 6.18 Å². The molecule has 1 unspecified atom stereocenters. The van der Waals surface area contributed by atoms with Crippen LogP contribution in [0.1, 0.15) is 34.8 Å². The Labute approximate surface area is 129 Å². The number of nitrogens with zero attached hydrogens (tertiary/aromatic N) is 1. The van der Waals surface area contributed by atoms with Gasteiger partial charge in [0.1, 0.15) is 0 Å². The van der Waals surface area contributed by atoms with Crippen LogP contribution in [0.4, 0.5) is 27.6 Å². The topological polar surface area (TPSA) is 40.5 Å². The number of alkyl halides is 5. The Morgan fingerprint density at radius 3 is 2.43 bits per heavy atom. The molecule has 2 rings (SSSR count). The van der Waals surface area contributed by atoms with Gasteiger partial charge in [-0.25, -0.2) is 13.6 Å². The maximum Gasteiger partial charge on any atom is 0.416 e. The summed E-state index contributed by atoms with van der Waals surface area (Å²) in [6, 6.07) is 1.69. The summed E-state index contributed by atoms with van der Waals surface area (Å²) in [7, 11) is 0. The van der Waals surface area contributed by atoms with Crippen LogP contribution in [0.25, 0.3) is 0 Å². The molecule has 1 saturated heterocycles. The lowest BCUT2D eigenvalue weighted by Crippen LogP contribution is -2.46. The van der Waals surface area contributed by atoms with Crippen molar-refractivity contribution in [1.29, 1.82) is 0 Å². The molecular weight excluding hydrogens is 321 g/mol. The van der Waals surface area contributed by atoms with E-state index >= 15 is 0 Å². The van der Waals surface area contributed by atoms with Gasteiger partial charge < -0.3 is 10.0 Å². The number of carbonyl (C=O) groups is 1. The first-order valence-corrected chi connectivity index (χ1v) is 7.01. The molecule has 1 fully saturated rings. The van der Waals surface area contributed by atoms with E-state index in [4.69, 9.17) is 0 Å². The number of hydrogen-bond donors (Lipinski definition) is 1. The molecule has 0 saturated carbocycles. The molecule has 0 spiro atoms. The van der Waals surface area contributed by atoms with E-state index in [2.05, 4.69) is 0 Å². The first kappa shape index (κ1) is 17.5. The van der Waals surface area contributed by atoms with Gasteiger partial charge in [-0.2, -0.15) is 13.2 Å². The van der Waals surface area contributed by atoms with Crippen LogP contribution >= 0.6 is 0 Å². The zero-order valence-corrected chi connectivity index (χ0v) is 12.5. The van der Waals surface area contributed by atoms with E-state index in [0.29, 0.717) is 0 Å². The molecular formula is C15H16F5NO2. The predicted octanol–water partition coefficient (Wildman–Crippen LogP) is 4.19. The Morgan fingerprint density at radius 1 is 1.35 bits per heavy atom. The fourth-order valence-electron chi connectivity index (χ4n) is 2.74. The van der Waals surface area contributed by atoms with Gasteiger partial charge in [-0.3, -0.25) is 0 Å². The molecule has 0 amide bonds. The molecule has 0 aromatic heterocycles. The van der Waals surface area contributed by atoms with Crippen molar-refractivity contribution >= 4 is 11.7 Å². The van der Waals surface area contributed by atoms with Crippen molar-refractivity contribution in [3.8, 4) is 0 Å². The predicted molar refractivity (Wildman–Crippen MR) is 74.1 cm³/mol. The van der Waals surface area contributed by atoms with Gasteiger partial charge in [-0.15, -0.1) is 0 Å². The van der Waals surface area contributed by atoms with Crippen molar-refractivity contribution in [2.45, 2.75) is 32.4 Å². The Morgan fingerprint density at radius 2 is 1.96 bits per heavy atom. The summed E-state index contributed by atoms with van der Waals surface area (Å²) in [6.07, 6.45) is -5.16. The number of anilines is 1. The van der Waals surface area contributed by atoms with Crippen molar-refractivity contribution in [3.63, 3.8) is 0 Å². The molecule has 0 aliphatic carbocycles. The summed E-state index contributed by atoms with van der Waals surface area (Å²) >= 11 is 0. The second-order valence-corrected chi connectivity index (χ2v) is 5.85. The summed E-state index contributed by atoms with van der Waals surface area (Å²) < 4.78 is 66.2. The summed E-state index contributed by atoms with van der Waals surface area (Å²) in [5.41, 5.74) is -1.65. The van der Waals surface area contributed by atoms with E-state index in [1.54, 1.807) is 0 Å². The minimum atomic E-state index is -4.64. The standard InChI is InChI=1S/C15H16F5NO2/c1-8-5-10(13(22)23)12(6-11(8)15(18,19)20)21-4-3-14(16,17)9(2)7-21/h5-6,9H,3-4,7H2,1-2H3,(H,22,23). The SMILES string of the molecule is Cc1cc(C(=O)O)c(N2CCC(F)(F)C(C)C2)cc1C(F)(F)F. The number of carboxylic acid groups (broad SMARTS) is 1. The zero-order chi connectivity index (χ0) is 17.6. The van der Waals surface area contributed by atoms with Crippen molar-refractivity contribution in [2.24, 2.45) is 5.92 Å². The number of hydrogen-bond acceptors (Lipinski definition) is 2. The molecule has 1 aliphatic heterocycles. The molecule has 0 radical (unpaired) electrons. The highest BCUT2D eigenvalue weighted by Gasteiger charge is 2.42. The smallest absolute Gasteiger partial charge is 0.416 e. The van der Waals surface area contributed by atoms with Crippen molar-refractivity contribution < 1.29 is 31.9 Å². The molecule has 1 N–H and O–H groups in total. The van der Waals surface area contributed by atoms with Gasteiger partial charge in [0.2, 0.25) is 0 Å². The van der Waals surface area contributed by atoms with Gasteiger partial charge in [-0.1, -0.05) is 6.92 Å². The van der Waals surface area contributed by atoms with Crippen LogP contribution in [0.3, 0.4) is 0 Å². The molecule has 23 heavy (non-hydrogen) atoms. The Kier molecular flexibility index (Phi) is 4.30. The first-order chi connectivity index (χ1) is 10.4. The van der Waals surface area contributed by atoms with E-state index in [0.717, 1.165) is 12.1 Å². The largest absolute Gasteiger partial charge is 0.478 e. The summed E-state index contributed by atoms with van der Waals surface area (Å²) in [5, 5.41) is 9.23. The van der Waals surface area contributed by atoms with Crippen molar-refractivity contribution in [3.05, 3.63) is 28.8 Å². The van der Waals surface area contributed by atoms with Crippen LogP contribution in [0, 0.1) is 12.8 Å². The summed E-state index contributed by atoms with van der Waals surface area (Å²) in [5.74, 6) is -5.37. The highest BCUT2D eigenvalue weighted by atomic mass is 19.4. The number of piperidine rings is 1.